The molecule has 1 saturated heterocycles. The smallest absolute Gasteiger partial charge is 0.157 e. The summed E-state index contributed by atoms with van der Waals surface area (Å²) in [6.45, 7) is 3.83. The van der Waals surface area contributed by atoms with Crippen molar-refractivity contribution in [3.05, 3.63) is 108 Å². The molecule has 0 aromatic heterocycles. The zero-order valence-electron chi connectivity index (χ0n) is 20.3. The van der Waals surface area contributed by atoms with Gasteiger partial charge in [-0.3, -0.25) is 0 Å². The van der Waals surface area contributed by atoms with Crippen LogP contribution in [0.15, 0.2) is 91.0 Å². The van der Waals surface area contributed by atoms with E-state index in [1.807, 2.05) is 18.2 Å². The minimum atomic E-state index is -0.720. The standard InChI is InChI=1S/C30H36O5/c1-4-12-26(13-5-1)30(27-14-6-2-7-15-27,28-16-8-3-9-17-28)35-25-23-32-21-20-31-22-24-34-29-18-10-11-19-33-29/h1-9,12-17,29H,10-11,18-25H2. The van der Waals surface area contributed by atoms with Crippen molar-refractivity contribution >= 4 is 0 Å². The molecule has 35 heavy (non-hydrogen) atoms. The number of benzene rings is 3. The first-order valence-electron chi connectivity index (χ1n) is 12.6. The van der Waals surface area contributed by atoms with E-state index in [1.54, 1.807) is 0 Å². The van der Waals surface area contributed by atoms with E-state index in [4.69, 9.17) is 23.7 Å². The molecule has 1 unspecified atom stereocenters. The van der Waals surface area contributed by atoms with Crippen molar-refractivity contribution in [2.75, 3.05) is 46.2 Å². The van der Waals surface area contributed by atoms with Crippen LogP contribution in [-0.2, 0) is 29.3 Å². The number of hydrogen-bond donors (Lipinski definition) is 0. The van der Waals surface area contributed by atoms with Gasteiger partial charge < -0.3 is 23.7 Å². The second kappa shape index (κ2) is 14.1. The zero-order chi connectivity index (χ0) is 24.0. The lowest BCUT2D eigenvalue weighted by Gasteiger charge is -2.36. The molecule has 4 rings (SSSR count). The van der Waals surface area contributed by atoms with Crippen LogP contribution in [0.1, 0.15) is 36.0 Å². The fourth-order valence-corrected chi connectivity index (χ4v) is 4.43. The van der Waals surface area contributed by atoms with Gasteiger partial charge in [0.2, 0.25) is 0 Å². The second-order valence-corrected chi connectivity index (χ2v) is 8.52. The Bertz CT molecular complexity index is 846. The van der Waals surface area contributed by atoms with E-state index in [0.29, 0.717) is 39.6 Å². The summed E-state index contributed by atoms with van der Waals surface area (Å²) in [4.78, 5) is 0. The van der Waals surface area contributed by atoms with Gasteiger partial charge >= 0.3 is 0 Å². The van der Waals surface area contributed by atoms with Crippen molar-refractivity contribution in [3.8, 4) is 0 Å². The third-order valence-electron chi connectivity index (χ3n) is 6.13. The lowest BCUT2D eigenvalue weighted by Crippen LogP contribution is -2.34. The van der Waals surface area contributed by atoms with Gasteiger partial charge in [0.25, 0.3) is 0 Å². The number of rotatable bonds is 14. The molecule has 3 aromatic rings. The van der Waals surface area contributed by atoms with E-state index < -0.39 is 5.60 Å². The van der Waals surface area contributed by atoms with E-state index in [2.05, 4.69) is 72.8 Å². The molecule has 0 saturated carbocycles. The summed E-state index contributed by atoms with van der Waals surface area (Å²) in [7, 11) is 0. The topological polar surface area (TPSA) is 46.2 Å². The lowest BCUT2D eigenvalue weighted by molar-refractivity contribution is -0.169. The normalized spacial score (nSPS) is 16.3. The molecule has 0 spiro atoms. The van der Waals surface area contributed by atoms with Crippen LogP contribution in [0.5, 0.6) is 0 Å². The second-order valence-electron chi connectivity index (χ2n) is 8.52. The third kappa shape index (κ3) is 7.23. The highest BCUT2D eigenvalue weighted by Gasteiger charge is 2.37. The van der Waals surface area contributed by atoms with Crippen LogP contribution in [0.3, 0.4) is 0 Å². The van der Waals surface area contributed by atoms with E-state index in [0.717, 1.165) is 36.1 Å². The molecule has 0 bridgehead atoms. The fourth-order valence-electron chi connectivity index (χ4n) is 4.43. The molecule has 0 aliphatic carbocycles. The lowest BCUT2D eigenvalue weighted by atomic mass is 9.80. The highest BCUT2D eigenvalue weighted by molar-refractivity contribution is 5.47. The minimum Gasteiger partial charge on any atom is -0.377 e. The van der Waals surface area contributed by atoms with Gasteiger partial charge in [-0.2, -0.15) is 0 Å². The monoisotopic (exact) mass is 476 g/mol. The molecular formula is C30H36O5. The summed E-state index contributed by atoms with van der Waals surface area (Å²) in [5.41, 5.74) is 2.54. The van der Waals surface area contributed by atoms with Crippen LogP contribution in [0.25, 0.3) is 0 Å². The molecule has 1 aliphatic rings. The quantitative estimate of drug-likeness (QED) is 0.225. The summed E-state index contributed by atoms with van der Waals surface area (Å²) in [5, 5.41) is 0. The maximum absolute atomic E-state index is 6.70. The van der Waals surface area contributed by atoms with E-state index in [1.165, 1.54) is 6.42 Å². The largest absolute Gasteiger partial charge is 0.377 e. The Morgan fingerprint density at radius 1 is 0.600 bits per heavy atom. The van der Waals surface area contributed by atoms with Crippen LogP contribution in [0.4, 0.5) is 0 Å². The van der Waals surface area contributed by atoms with Gasteiger partial charge in [0.05, 0.1) is 39.6 Å². The molecule has 0 N–H and O–H groups in total. The molecule has 1 fully saturated rings. The van der Waals surface area contributed by atoms with Crippen molar-refractivity contribution in [2.24, 2.45) is 0 Å². The zero-order valence-corrected chi connectivity index (χ0v) is 20.3. The van der Waals surface area contributed by atoms with Crippen LogP contribution in [-0.4, -0.2) is 52.5 Å². The maximum Gasteiger partial charge on any atom is 0.157 e. The predicted molar refractivity (Wildman–Crippen MR) is 136 cm³/mol. The Labute approximate surface area is 208 Å². The Hall–Kier alpha value is -2.54. The summed E-state index contributed by atoms with van der Waals surface area (Å²) in [6, 6.07) is 31.1. The van der Waals surface area contributed by atoms with Crippen LogP contribution in [0, 0.1) is 0 Å². The van der Waals surface area contributed by atoms with Crippen LogP contribution >= 0.6 is 0 Å². The molecule has 5 nitrogen and oxygen atoms in total. The fraction of sp³-hybridized carbons (Fsp3) is 0.400. The van der Waals surface area contributed by atoms with Gasteiger partial charge in [-0.15, -0.1) is 0 Å². The first-order valence-corrected chi connectivity index (χ1v) is 12.6. The minimum absolute atomic E-state index is 0.0696. The molecule has 0 radical (unpaired) electrons. The van der Waals surface area contributed by atoms with Gasteiger partial charge in [0.15, 0.2) is 6.29 Å². The van der Waals surface area contributed by atoms with Gasteiger partial charge in [0, 0.05) is 6.61 Å². The Kier molecular flexibility index (Phi) is 10.3. The molecule has 1 atom stereocenters. The molecule has 186 valence electrons. The van der Waals surface area contributed by atoms with Gasteiger partial charge in [-0.25, -0.2) is 0 Å². The highest BCUT2D eigenvalue weighted by atomic mass is 16.7. The molecule has 3 aromatic carbocycles. The summed E-state index contributed by atoms with van der Waals surface area (Å²) in [6.07, 6.45) is 3.20. The third-order valence-corrected chi connectivity index (χ3v) is 6.13. The summed E-state index contributed by atoms with van der Waals surface area (Å²) >= 11 is 0. The maximum atomic E-state index is 6.70. The highest BCUT2D eigenvalue weighted by Crippen LogP contribution is 2.40. The molecule has 5 heteroatoms. The SMILES string of the molecule is c1ccc(C(OCCOCCOCCOC2CCCCO2)(c2ccccc2)c2ccccc2)cc1. The average molecular weight is 477 g/mol. The Morgan fingerprint density at radius 2 is 1.09 bits per heavy atom. The average Bonchev–Trinajstić information content (AvgIpc) is 2.94. The Morgan fingerprint density at radius 3 is 1.57 bits per heavy atom. The van der Waals surface area contributed by atoms with E-state index >= 15 is 0 Å². The van der Waals surface area contributed by atoms with Crippen LogP contribution < -0.4 is 0 Å². The first-order chi connectivity index (χ1) is 17.4. The molecule has 1 aliphatic heterocycles. The van der Waals surface area contributed by atoms with Crippen LogP contribution in [0.2, 0.25) is 0 Å². The summed E-state index contributed by atoms with van der Waals surface area (Å²) < 4.78 is 29.4. The van der Waals surface area contributed by atoms with Gasteiger partial charge in [-0.05, 0) is 36.0 Å². The van der Waals surface area contributed by atoms with Gasteiger partial charge in [-0.1, -0.05) is 91.0 Å². The number of ether oxygens (including phenoxy) is 5. The molecule has 1 heterocycles. The van der Waals surface area contributed by atoms with Crippen molar-refractivity contribution in [1.82, 2.24) is 0 Å². The molecular weight excluding hydrogens is 440 g/mol. The predicted octanol–water partition coefficient (Wildman–Crippen LogP) is 5.57. The number of hydrogen-bond acceptors (Lipinski definition) is 5. The molecule has 0 amide bonds. The van der Waals surface area contributed by atoms with Gasteiger partial charge in [0.1, 0.15) is 5.60 Å². The van der Waals surface area contributed by atoms with Crippen molar-refractivity contribution < 1.29 is 23.7 Å². The summed E-state index contributed by atoms with van der Waals surface area (Å²) in [5.74, 6) is 0. The first kappa shape index (κ1) is 25.5. The van der Waals surface area contributed by atoms with Crippen molar-refractivity contribution in [2.45, 2.75) is 31.2 Å². The Balaban J connectivity index is 1.29. The van der Waals surface area contributed by atoms with E-state index in [9.17, 15) is 0 Å². The van der Waals surface area contributed by atoms with Crippen molar-refractivity contribution in [3.63, 3.8) is 0 Å². The van der Waals surface area contributed by atoms with Crippen molar-refractivity contribution in [1.29, 1.82) is 0 Å². The van der Waals surface area contributed by atoms with E-state index in [-0.39, 0.29) is 6.29 Å².